The van der Waals surface area contributed by atoms with Gasteiger partial charge in [-0.2, -0.15) is 4.31 Å². The Bertz CT molecular complexity index is 1650. The van der Waals surface area contributed by atoms with Crippen molar-refractivity contribution in [2.45, 2.75) is 29.3 Å². The van der Waals surface area contributed by atoms with Gasteiger partial charge in [-0.25, -0.2) is 8.42 Å². The quantitative estimate of drug-likeness (QED) is 0.238. The minimum atomic E-state index is -3.63. The largest absolute Gasteiger partial charge is 0.378 e. The van der Waals surface area contributed by atoms with Gasteiger partial charge < -0.3 is 5.32 Å². The highest BCUT2D eigenvalue weighted by Crippen LogP contribution is 2.50. The van der Waals surface area contributed by atoms with Gasteiger partial charge in [-0.15, -0.1) is 0 Å². The Labute approximate surface area is 253 Å². The van der Waals surface area contributed by atoms with Gasteiger partial charge in [0.05, 0.1) is 17.0 Å². The summed E-state index contributed by atoms with van der Waals surface area (Å²) in [7, 11) is -3.63. The van der Waals surface area contributed by atoms with Crippen LogP contribution in [-0.2, 0) is 10.0 Å². The van der Waals surface area contributed by atoms with E-state index in [1.54, 1.807) is 10.4 Å². The standard InChI is InChI=1S/C35H34ClN3O2S/c36-28-16-14-25(15-17-28)34-31-13-7-12-30(31)32-24-29(18-19-33(32)37-34)42(40,41)39-22-20-38(21-23-39)35(26-8-3-1-4-9-26)27-10-5-2-6-11-27/h1-12,14-19,24,30-31,34-35,37H,13,20-23H2. The number of nitrogens with zero attached hydrogens (tertiary/aromatic N) is 2. The summed E-state index contributed by atoms with van der Waals surface area (Å²) in [5.41, 5.74) is 5.70. The zero-order valence-electron chi connectivity index (χ0n) is 23.3. The van der Waals surface area contributed by atoms with Crippen molar-refractivity contribution >= 4 is 27.3 Å². The molecule has 2 heterocycles. The minimum Gasteiger partial charge on any atom is -0.378 e. The van der Waals surface area contributed by atoms with Gasteiger partial charge in [0.25, 0.3) is 0 Å². The Morgan fingerprint density at radius 1 is 0.786 bits per heavy atom. The summed E-state index contributed by atoms with van der Waals surface area (Å²) in [6.45, 7) is 2.24. The van der Waals surface area contributed by atoms with Gasteiger partial charge in [-0.05, 0) is 64.9 Å². The van der Waals surface area contributed by atoms with Crippen LogP contribution in [0.4, 0.5) is 5.69 Å². The van der Waals surface area contributed by atoms with Gasteiger partial charge in [0.15, 0.2) is 0 Å². The van der Waals surface area contributed by atoms with Crippen LogP contribution in [0.25, 0.3) is 0 Å². The lowest BCUT2D eigenvalue weighted by Crippen LogP contribution is -2.49. The second kappa shape index (κ2) is 11.3. The number of piperazine rings is 1. The van der Waals surface area contributed by atoms with Gasteiger partial charge in [0, 0.05) is 42.8 Å². The monoisotopic (exact) mass is 595 g/mol. The molecule has 0 aromatic heterocycles. The lowest BCUT2D eigenvalue weighted by Gasteiger charge is -2.40. The zero-order valence-corrected chi connectivity index (χ0v) is 24.9. The highest BCUT2D eigenvalue weighted by Gasteiger charge is 2.39. The predicted octanol–water partition coefficient (Wildman–Crippen LogP) is 7.26. The van der Waals surface area contributed by atoms with E-state index in [2.05, 4.69) is 83.0 Å². The van der Waals surface area contributed by atoms with Crippen molar-refractivity contribution in [3.05, 3.63) is 143 Å². The molecule has 3 unspecified atom stereocenters. The number of allylic oxidation sites excluding steroid dienone is 2. The molecule has 5 nitrogen and oxygen atoms in total. The third-order valence-corrected chi connectivity index (χ3v) is 11.2. The van der Waals surface area contributed by atoms with Crippen LogP contribution in [0.5, 0.6) is 0 Å². The maximum Gasteiger partial charge on any atom is 0.243 e. The van der Waals surface area contributed by atoms with E-state index >= 15 is 0 Å². The van der Waals surface area contributed by atoms with E-state index in [9.17, 15) is 8.42 Å². The molecule has 1 saturated heterocycles. The van der Waals surface area contributed by atoms with Crippen LogP contribution in [0, 0.1) is 5.92 Å². The Hall–Kier alpha value is -3.42. The molecule has 1 aliphatic carbocycles. The van der Waals surface area contributed by atoms with E-state index in [4.69, 9.17) is 11.6 Å². The zero-order chi connectivity index (χ0) is 28.7. The van der Waals surface area contributed by atoms with Crippen LogP contribution in [0.15, 0.2) is 120 Å². The van der Waals surface area contributed by atoms with Crippen molar-refractivity contribution in [3.63, 3.8) is 0 Å². The van der Waals surface area contributed by atoms with E-state index in [0.29, 0.717) is 37.0 Å². The molecule has 7 heteroatoms. The second-order valence-electron chi connectivity index (χ2n) is 11.4. The lowest BCUT2D eigenvalue weighted by molar-refractivity contribution is 0.156. The van der Waals surface area contributed by atoms with Crippen molar-refractivity contribution in [2.75, 3.05) is 31.5 Å². The van der Waals surface area contributed by atoms with E-state index in [1.165, 1.54) is 16.7 Å². The third-order valence-electron chi connectivity index (χ3n) is 9.07. The number of rotatable bonds is 6. The summed E-state index contributed by atoms with van der Waals surface area (Å²) < 4.78 is 29.6. The first-order valence-electron chi connectivity index (χ1n) is 14.7. The molecule has 0 spiro atoms. The van der Waals surface area contributed by atoms with E-state index in [0.717, 1.165) is 22.7 Å². The molecule has 3 aliphatic rings. The molecule has 3 atom stereocenters. The SMILES string of the molecule is O=S(=O)(c1ccc2c(c1)C1C=CCC1C(c1ccc(Cl)cc1)N2)N1CCN(C(c2ccccc2)c2ccccc2)CC1. The Kier molecular flexibility index (Phi) is 7.40. The molecule has 42 heavy (non-hydrogen) atoms. The summed E-state index contributed by atoms with van der Waals surface area (Å²) in [4.78, 5) is 2.78. The molecule has 4 aromatic rings. The topological polar surface area (TPSA) is 52.7 Å². The number of benzene rings is 4. The van der Waals surface area contributed by atoms with Crippen molar-refractivity contribution in [3.8, 4) is 0 Å². The molecule has 0 bridgehead atoms. The molecular formula is C35H34ClN3O2S. The smallest absolute Gasteiger partial charge is 0.243 e. The summed E-state index contributed by atoms with van der Waals surface area (Å²) in [6.07, 6.45) is 5.42. The van der Waals surface area contributed by atoms with Crippen LogP contribution in [-0.4, -0.2) is 43.8 Å². The fourth-order valence-corrected chi connectivity index (χ4v) is 8.55. The van der Waals surface area contributed by atoms with E-state index < -0.39 is 10.0 Å². The molecular weight excluding hydrogens is 562 g/mol. The van der Waals surface area contributed by atoms with Crippen LogP contribution in [0.3, 0.4) is 0 Å². The van der Waals surface area contributed by atoms with Gasteiger partial charge in [-0.3, -0.25) is 4.90 Å². The number of sulfonamides is 1. The Morgan fingerprint density at radius 2 is 1.43 bits per heavy atom. The minimum absolute atomic E-state index is 0.0896. The molecule has 1 N–H and O–H groups in total. The number of nitrogens with one attached hydrogen (secondary N) is 1. The van der Waals surface area contributed by atoms with Gasteiger partial charge in [0.1, 0.15) is 0 Å². The average Bonchev–Trinajstić information content (AvgIpc) is 3.53. The fourth-order valence-electron chi connectivity index (χ4n) is 6.97. The highest BCUT2D eigenvalue weighted by atomic mass is 35.5. The summed E-state index contributed by atoms with van der Waals surface area (Å²) in [5, 5.41) is 4.44. The van der Waals surface area contributed by atoms with Crippen molar-refractivity contribution < 1.29 is 8.42 Å². The van der Waals surface area contributed by atoms with Crippen molar-refractivity contribution in [2.24, 2.45) is 5.92 Å². The first-order chi connectivity index (χ1) is 20.5. The number of fused-ring (bicyclic) bond motifs is 3. The average molecular weight is 596 g/mol. The number of halogens is 1. The fraction of sp³-hybridized carbons (Fsp3) is 0.257. The first kappa shape index (κ1) is 27.4. The Morgan fingerprint density at radius 3 is 2.07 bits per heavy atom. The van der Waals surface area contributed by atoms with Crippen LogP contribution < -0.4 is 5.32 Å². The highest BCUT2D eigenvalue weighted by molar-refractivity contribution is 7.89. The normalized spacial score (nSPS) is 22.5. The summed E-state index contributed by atoms with van der Waals surface area (Å²) in [5.74, 6) is 0.500. The number of hydrogen-bond donors (Lipinski definition) is 1. The molecule has 2 aliphatic heterocycles. The van der Waals surface area contributed by atoms with Gasteiger partial charge >= 0.3 is 0 Å². The van der Waals surface area contributed by atoms with Crippen LogP contribution >= 0.6 is 11.6 Å². The van der Waals surface area contributed by atoms with E-state index in [1.807, 2.05) is 36.4 Å². The van der Waals surface area contributed by atoms with Gasteiger partial charge in [-0.1, -0.05) is 96.5 Å². The van der Waals surface area contributed by atoms with E-state index in [-0.39, 0.29) is 18.0 Å². The number of hydrogen-bond acceptors (Lipinski definition) is 4. The third kappa shape index (κ3) is 5.07. The van der Waals surface area contributed by atoms with Crippen LogP contribution in [0.2, 0.25) is 5.02 Å². The van der Waals surface area contributed by atoms with Crippen molar-refractivity contribution in [1.82, 2.24) is 9.21 Å². The molecule has 0 saturated carbocycles. The first-order valence-corrected chi connectivity index (χ1v) is 16.5. The van der Waals surface area contributed by atoms with Crippen molar-refractivity contribution in [1.29, 1.82) is 0 Å². The molecule has 7 rings (SSSR count). The maximum atomic E-state index is 14.0. The molecule has 4 aromatic carbocycles. The lowest BCUT2D eigenvalue weighted by atomic mass is 9.77. The summed E-state index contributed by atoms with van der Waals surface area (Å²) in [6, 6.07) is 34.9. The summed E-state index contributed by atoms with van der Waals surface area (Å²) >= 11 is 6.15. The second-order valence-corrected chi connectivity index (χ2v) is 13.8. The maximum absolute atomic E-state index is 14.0. The molecule has 0 radical (unpaired) electrons. The van der Waals surface area contributed by atoms with Crippen LogP contribution in [0.1, 0.15) is 46.7 Å². The molecule has 214 valence electrons. The number of anilines is 1. The molecule has 1 fully saturated rings. The Balaban J connectivity index is 1.12. The van der Waals surface area contributed by atoms with Gasteiger partial charge in [0.2, 0.25) is 10.0 Å². The molecule has 0 amide bonds. The predicted molar refractivity (Wildman–Crippen MR) is 169 cm³/mol.